The second kappa shape index (κ2) is 6.20. The van der Waals surface area contributed by atoms with Gasteiger partial charge in [-0.25, -0.2) is 4.98 Å². The zero-order chi connectivity index (χ0) is 15.6. The Morgan fingerprint density at radius 1 is 1.20 bits per heavy atom. The van der Waals surface area contributed by atoms with E-state index in [1.165, 1.54) is 4.90 Å². The van der Waals surface area contributed by atoms with E-state index in [9.17, 15) is 13.2 Å². The van der Waals surface area contributed by atoms with E-state index in [0.29, 0.717) is 11.7 Å². The van der Waals surface area contributed by atoms with Gasteiger partial charge in [0, 0.05) is 30.6 Å². The third-order valence-electron chi connectivity index (χ3n) is 2.92. The van der Waals surface area contributed by atoms with Crippen LogP contribution in [0, 0.1) is 0 Å². The summed E-state index contributed by atoms with van der Waals surface area (Å²) in [5.74, 6) is 0.837. The maximum absolute atomic E-state index is 12.3. The van der Waals surface area contributed by atoms with Crippen LogP contribution in [0.25, 0.3) is 0 Å². The number of pyridine rings is 1. The summed E-state index contributed by atoms with van der Waals surface area (Å²) in [6.07, 6.45) is -5.02. The molecule has 6 heteroatoms. The van der Waals surface area contributed by atoms with Crippen molar-refractivity contribution in [2.24, 2.45) is 0 Å². The topological polar surface area (TPSA) is 16.1 Å². The molecule has 20 heavy (non-hydrogen) atoms. The summed E-state index contributed by atoms with van der Waals surface area (Å²) in [6.45, 7) is 5.90. The van der Waals surface area contributed by atoms with Crippen LogP contribution in [0.4, 0.5) is 19.0 Å². The number of anilines is 1. The van der Waals surface area contributed by atoms with Gasteiger partial charge < -0.3 is 4.90 Å². The molecule has 2 nitrogen and oxygen atoms in total. The maximum Gasteiger partial charge on any atom is 0.390 e. The van der Waals surface area contributed by atoms with Crippen molar-refractivity contribution in [2.45, 2.75) is 44.7 Å². The first-order valence-electron chi connectivity index (χ1n) is 6.38. The van der Waals surface area contributed by atoms with Gasteiger partial charge in [-0.15, -0.1) is 11.6 Å². The minimum absolute atomic E-state index is 0.119. The molecule has 0 aliphatic carbocycles. The molecule has 0 saturated heterocycles. The molecule has 1 aromatic rings. The Bertz CT molecular complexity index is 453. The van der Waals surface area contributed by atoms with Gasteiger partial charge in [0.05, 0.1) is 6.42 Å². The van der Waals surface area contributed by atoms with Gasteiger partial charge in [0.25, 0.3) is 0 Å². The van der Waals surface area contributed by atoms with Gasteiger partial charge in [0.1, 0.15) is 5.82 Å². The first-order valence-corrected chi connectivity index (χ1v) is 6.91. The molecule has 1 rings (SSSR count). The third-order valence-corrected chi connectivity index (χ3v) is 3.22. The Morgan fingerprint density at radius 2 is 1.80 bits per heavy atom. The van der Waals surface area contributed by atoms with Crippen LogP contribution in [-0.4, -0.2) is 24.8 Å². The average molecular weight is 309 g/mol. The Labute approximate surface area is 122 Å². The molecule has 0 N–H and O–H groups in total. The largest absolute Gasteiger partial charge is 0.390 e. The van der Waals surface area contributed by atoms with Crippen molar-refractivity contribution in [3.63, 3.8) is 0 Å². The number of hydrogen-bond acceptors (Lipinski definition) is 2. The predicted octanol–water partition coefficient (Wildman–Crippen LogP) is 4.51. The quantitative estimate of drug-likeness (QED) is 0.761. The normalized spacial score (nSPS) is 12.6. The van der Waals surface area contributed by atoms with E-state index in [-0.39, 0.29) is 12.0 Å². The number of rotatable bonds is 4. The lowest BCUT2D eigenvalue weighted by Crippen LogP contribution is -2.26. The van der Waals surface area contributed by atoms with Crippen molar-refractivity contribution in [1.82, 2.24) is 4.98 Å². The standard InChI is InChI=1S/C14H20ClF3N2/c1-13(2,3)11-7-10(9-15)8-12(19-11)20(4)6-5-14(16,17)18/h7-8H,5-6,9H2,1-4H3. The van der Waals surface area contributed by atoms with Crippen molar-refractivity contribution in [1.29, 1.82) is 0 Å². The lowest BCUT2D eigenvalue weighted by Gasteiger charge is -2.24. The van der Waals surface area contributed by atoms with Gasteiger partial charge in [0.2, 0.25) is 0 Å². The van der Waals surface area contributed by atoms with Crippen molar-refractivity contribution >= 4 is 17.4 Å². The zero-order valence-corrected chi connectivity index (χ0v) is 12.9. The number of alkyl halides is 4. The summed E-state index contributed by atoms with van der Waals surface area (Å²) in [5, 5.41) is 0. The molecular weight excluding hydrogens is 289 g/mol. The van der Waals surface area contributed by atoms with Gasteiger partial charge in [0.15, 0.2) is 0 Å². The number of nitrogens with zero attached hydrogens (tertiary/aromatic N) is 2. The molecule has 0 amide bonds. The summed E-state index contributed by atoms with van der Waals surface area (Å²) in [6, 6.07) is 3.63. The highest BCUT2D eigenvalue weighted by Gasteiger charge is 2.27. The van der Waals surface area contributed by atoms with Crippen LogP contribution in [-0.2, 0) is 11.3 Å². The minimum atomic E-state index is -4.16. The van der Waals surface area contributed by atoms with Crippen molar-refractivity contribution < 1.29 is 13.2 Å². The van der Waals surface area contributed by atoms with Crippen LogP contribution in [0.5, 0.6) is 0 Å². The lowest BCUT2D eigenvalue weighted by molar-refractivity contribution is -0.132. The minimum Gasteiger partial charge on any atom is -0.359 e. The number of aromatic nitrogens is 1. The summed E-state index contributed by atoms with van der Waals surface area (Å²) >= 11 is 5.85. The summed E-state index contributed by atoms with van der Waals surface area (Å²) < 4.78 is 36.8. The molecule has 0 spiro atoms. The molecule has 1 aromatic heterocycles. The van der Waals surface area contributed by atoms with E-state index < -0.39 is 12.6 Å². The molecule has 0 aliphatic heterocycles. The number of halogens is 4. The van der Waals surface area contributed by atoms with Gasteiger partial charge in [-0.1, -0.05) is 20.8 Å². The van der Waals surface area contributed by atoms with Crippen molar-refractivity contribution in [3.05, 3.63) is 23.4 Å². The van der Waals surface area contributed by atoms with Gasteiger partial charge >= 0.3 is 6.18 Å². The summed E-state index contributed by atoms with van der Waals surface area (Å²) in [7, 11) is 1.61. The fourth-order valence-electron chi connectivity index (χ4n) is 1.64. The van der Waals surface area contributed by atoms with Crippen LogP contribution < -0.4 is 4.90 Å². The van der Waals surface area contributed by atoms with Crippen molar-refractivity contribution in [2.75, 3.05) is 18.5 Å². The van der Waals surface area contributed by atoms with E-state index in [1.807, 2.05) is 26.8 Å². The van der Waals surface area contributed by atoms with E-state index in [1.54, 1.807) is 13.1 Å². The molecule has 0 bridgehead atoms. The Hall–Kier alpha value is -0.970. The molecule has 0 radical (unpaired) electrons. The summed E-state index contributed by atoms with van der Waals surface area (Å²) in [4.78, 5) is 5.97. The van der Waals surface area contributed by atoms with Gasteiger partial charge in [-0.3, -0.25) is 0 Å². The molecule has 114 valence electrons. The van der Waals surface area contributed by atoms with E-state index in [4.69, 9.17) is 11.6 Å². The zero-order valence-electron chi connectivity index (χ0n) is 12.2. The fraction of sp³-hybridized carbons (Fsp3) is 0.643. The summed E-state index contributed by atoms with van der Waals surface area (Å²) in [5.41, 5.74) is 1.51. The highest BCUT2D eigenvalue weighted by molar-refractivity contribution is 6.17. The Kier molecular flexibility index (Phi) is 5.30. The monoisotopic (exact) mass is 308 g/mol. The van der Waals surface area contributed by atoms with E-state index >= 15 is 0 Å². The average Bonchev–Trinajstić information content (AvgIpc) is 2.33. The second-order valence-corrected chi connectivity index (χ2v) is 6.16. The lowest BCUT2D eigenvalue weighted by atomic mass is 9.91. The molecule has 0 saturated carbocycles. The van der Waals surface area contributed by atoms with Crippen LogP contribution in [0.3, 0.4) is 0 Å². The van der Waals surface area contributed by atoms with Crippen LogP contribution in [0.15, 0.2) is 12.1 Å². The van der Waals surface area contributed by atoms with Crippen LogP contribution >= 0.6 is 11.6 Å². The van der Waals surface area contributed by atoms with Crippen LogP contribution in [0.2, 0.25) is 0 Å². The molecule has 0 fully saturated rings. The highest BCUT2D eigenvalue weighted by atomic mass is 35.5. The van der Waals surface area contributed by atoms with Crippen LogP contribution in [0.1, 0.15) is 38.4 Å². The molecule has 1 heterocycles. The Morgan fingerprint density at radius 3 is 2.25 bits per heavy atom. The van der Waals surface area contributed by atoms with E-state index in [2.05, 4.69) is 4.98 Å². The van der Waals surface area contributed by atoms with Gasteiger partial charge in [-0.05, 0) is 17.7 Å². The number of hydrogen-bond donors (Lipinski definition) is 0. The molecule has 0 aliphatic rings. The third kappa shape index (κ3) is 5.19. The highest BCUT2D eigenvalue weighted by Crippen LogP contribution is 2.26. The van der Waals surface area contributed by atoms with E-state index in [0.717, 1.165) is 11.3 Å². The first kappa shape index (κ1) is 17.1. The maximum atomic E-state index is 12.3. The smallest absolute Gasteiger partial charge is 0.359 e. The van der Waals surface area contributed by atoms with Crippen molar-refractivity contribution in [3.8, 4) is 0 Å². The molecule has 0 aromatic carbocycles. The second-order valence-electron chi connectivity index (χ2n) is 5.89. The van der Waals surface area contributed by atoms with Gasteiger partial charge in [-0.2, -0.15) is 13.2 Å². The predicted molar refractivity (Wildman–Crippen MR) is 76.4 cm³/mol. The fourth-order valence-corrected chi connectivity index (χ4v) is 1.79. The molecular formula is C14H20ClF3N2. The molecule has 0 unspecified atom stereocenters. The molecule has 0 atom stereocenters. The Balaban J connectivity index is 2.99. The SMILES string of the molecule is CN(CCC(F)(F)F)c1cc(CCl)cc(C(C)(C)C)n1. The first-order chi connectivity index (χ1) is 9.03.